The minimum absolute atomic E-state index is 0.161. The van der Waals surface area contributed by atoms with E-state index in [1.54, 1.807) is 24.4 Å². The van der Waals surface area contributed by atoms with Crippen molar-refractivity contribution in [2.24, 2.45) is 0 Å². The lowest BCUT2D eigenvalue weighted by Gasteiger charge is -2.04. The number of anilines is 1. The van der Waals surface area contributed by atoms with Gasteiger partial charge in [-0.2, -0.15) is 0 Å². The predicted octanol–water partition coefficient (Wildman–Crippen LogP) is 4.14. The molecule has 0 bridgehead atoms. The summed E-state index contributed by atoms with van der Waals surface area (Å²) < 4.78 is 23.7. The van der Waals surface area contributed by atoms with Crippen molar-refractivity contribution in [3.05, 3.63) is 72.5 Å². The Hall–Kier alpha value is -3.41. The van der Waals surface area contributed by atoms with Gasteiger partial charge in [-0.15, -0.1) is 0 Å². The van der Waals surface area contributed by atoms with Crippen LogP contribution in [-0.4, -0.2) is 18.0 Å². The first-order chi connectivity index (χ1) is 12.2. The lowest BCUT2D eigenvalue weighted by Crippen LogP contribution is -2.07. The van der Waals surface area contributed by atoms with Gasteiger partial charge in [0.2, 0.25) is 5.91 Å². The Morgan fingerprint density at radius 3 is 2.68 bits per heavy atom. The predicted molar refractivity (Wildman–Crippen MR) is 92.6 cm³/mol. The van der Waals surface area contributed by atoms with Crippen LogP contribution >= 0.6 is 0 Å². The quantitative estimate of drug-likeness (QED) is 0.710. The molecule has 0 atom stereocenters. The number of methoxy groups -OCH3 is 1. The highest BCUT2D eigenvalue weighted by atomic mass is 19.1. The van der Waals surface area contributed by atoms with E-state index in [0.717, 1.165) is 5.56 Å². The SMILES string of the molecule is COc1ccc(C=CC(=O)Nc2ccc(-c3cnco3)cc2)cc1F. The highest BCUT2D eigenvalue weighted by molar-refractivity contribution is 6.02. The van der Waals surface area contributed by atoms with Crippen molar-refractivity contribution in [1.29, 1.82) is 0 Å². The molecule has 1 N–H and O–H groups in total. The zero-order valence-corrected chi connectivity index (χ0v) is 13.4. The van der Waals surface area contributed by atoms with E-state index in [4.69, 9.17) is 9.15 Å². The molecule has 0 aliphatic heterocycles. The van der Waals surface area contributed by atoms with Gasteiger partial charge in [0.05, 0.1) is 13.3 Å². The maximum absolute atomic E-state index is 13.6. The summed E-state index contributed by atoms with van der Waals surface area (Å²) in [6.07, 6.45) is 5.84. The van der Waals surface area contributed by atoms with E-state index in [9.17, 15) is 9.18 Å². The molecule has 3 aromatic rings. The Labute approximate surface area is 143 Å². The first-order valence-corrected chi connectivity index (χ1v) is 7.47. The number of hydrogen-bond acceptors (Lipinski definition) is 4. The standard InChI is InChI=1S/C19H15FN2O3/c1-24-17-8-2-13(10-16(17)20)3-9-19(23)22-15-6-4-14(5-7-15)18-11-21-12-25-18/h2-12H,1H3,(H,22,23). The number of carbonyl (C=O) groups is 1. The van der Waals surface area contributed by atoms with Gasteiger partial charge in [0, 0.05) is 17.3 Å². The third kappa shape index (κ3) is 4.11. The van der Waals surface area contributed by atoms with E-state index in [0.29, 0.717) is 17.0 Å². The van der Waals surface area contributed by atoms with Gasteiger partial charge in [-0.25, -0.2) is 9.37 Å². The summed E-state index contributed by atoms with van der Waals surface area (Å²) in [5.74, 6) is 0.0180. The highest BCUT2D eigenvalue weighted by Gasteiger charge is 2.04. The van der Waals surface area contributed by atoms with Gasteiger partial charge in [0.15, 0.2) is 23.7 Å². The normalized spacial score (nSPS) is 10.8. The molecule has 1 heterocycles. The van der Waals surface area contributed by atoms with Crippen molar-refractivity contribution in [2.75, 3.05) is 12.4 Å². The van der Waals surface area contributed by atoms with Gasteiger partial charge >= 0.3 is 0 Å². The zero-order valence-electron chi connectivity index (χ0n) is 13.4. The summed E-state index contributed by atoms with van der Waals surface area (Å²) in [5.41, 5.74) is 2.06. The van der Waals surface area contributed by atoms with Gasteiger partial charge < -0.3 is 14.5 Å². The average molecular weight is 338 g/mol. The first-order valence-electron chi connectivity index (χ1n) is 7.47. The Morgan fingerprint density at radius 1 is 1.24 bits per heavy atom. The molecule has 0 aliphatic rings. The number of carbonyl (C=O) groups excluding carboxylic acids is 1. The maximum Gasteiger partial charge on any atom is 0.248 e. The molecular weight excluding hydrogens is 323 g/mol. The summed E-state index contributed by atoms with van der Waals surface area (Å²) in [6, 6.07) is 11.6. The van der Waals surface area contributed by atoms with Crippen molar-refractivity contribution in [3.63, 3.8) is 0 Å². The van der Waals surface area contributed by atoms with Gasteiger partial charge in [-0.05, 0) is 48.0 Å². The molecule has 5 nitrogen and oxygen atoms in total. The van der Waals surface area contributed by atoms with Crippen LogP contribution in [0.1, 0.15) is 5.56 Å². The molecule has 2 aromatic carbocycles. The van der Waals surface area contributed by atoms with Crippen LogP contribution in [0.15, 0.2) is 65.5 Å². The number of rotatable bonds is 5. The summed E-state index contributed by atoms with van der Waals surface area (Å²) in [6.45, 7) is 0. The second-order valence-electron chi connectivity index (χ2n) is 5.16. The average Bonchev–Trinajstić information content (AvgIpc) is 3.15. The fourth-order valence-electron chi connectivity index (χ4n) is 2.22. The second kappa shape index (κ2) is 7.44. The zero-order chi connectivity index (χ0) is 17.6. The van der Waals surface area contributed by atoms with Gasteiger partial charge in [0.25, 0.3) is 0 Å². The Bertz CT molecular complexity index is 888. The van der Waals surface area contributed by atoms with Gasteiger partial charge in [0.1, 0.15) is 0 Å². The molecule has 0 saturated heterocycles. The molecule has 0 radical (unpaired) electrons. The molecule has 0 saturated carbocycles. The third-order valence-corrected chi connectivity index (χ3v) is 3.47. The number of nitrogens with one attached hydrogen (secondary N) is 1. The van der Waals surface area contributed by atoms with Crippen LogP contribution in [0.3, 0.4) is 0 Å². The van der Waals surface area contributed by atoms with E-state index in [2.05, 4.69) is 10.3 Å². The van der Waals surface area contributed by atoms with Crippen LogP contribution in [0.2, 0.25) is 0 Å². The van der Waals surface area contributed by atoms with Crippen LogP contribution in [-0.2, 0) is 4.79 Å². The molecule has 126 valence electrons. The number of halogens is 1. The van der Waals surface area contributed by atoms with E-state index < -0.39 is 5.82 Å². The van der Waals surface area contributed by atoms with Crippen molar-refractivity contribution >= 4 is 17.7 Å². The smallest absolute Gasteiger partial charge is 0.248 e. The van der Waals surface area contributed by atoms with Crippen LogP contribution in [0, 0.1) is 5.82 Å². The van der Waals surface area contributed by atoms with Crippen molar-refractivity contribution < 1.29 is 18.3 Å². The number of oxazole rings is 1. The fourth-order valence-corrected chi connectivity index (χ4v) is 2.22. The molecule has 1 aromatic heterocycles. The molecule has 0 fully saturated rings. The topological polar surface area (TPSA) is 64.4 Å². The minimum atomic E-state index is -0.479. The molecule has 0 aliphatic carbocycles. The Morgan fingerprint density at radius 2 is 2.04 bits per heavy atom. The van der Waals surface area contributed by atoms with E-state index >= 15 is 0 Å². The van der Waals surface area contributed by atoms with Crippen LogP contribution in [0.5, 0.6) is 5.75 Å². The Kier molecular flexibility index (Phi) is 4.89. The van der Waals surface area contributed by atoms with Crippen molar-refractivity contribution in [3.8, 4) is 17.1 Å². The molecule has 25 heavy (non-hydrogen) atoms. The summed E-state index contributed by atoms with van der Waals surface area (Å²) in [4.78, 5) is 15.8. The maximum atomic E-state index is 13.6. The first kappa shape index (κ1) is 16.4. The van der Waals surface area contributed by atoms with Gasteiger partial charge in [-0.1, -0.05) is 6.07 Å². The number of hydrogen-bond donors (Lipinski definition) is 1. The molecule has 1 amide bonds. The highest BCUT2D eigenvalue weighted by Crippen LogP contribution is 2.21. The largest absolute Gasteiger partial charge is 0.494 e. The molecular formula is C19H15FN2O3. The minimum Gasteiger partial charge on any atom is -0.494 e. The summed E-state index contributed by atoms with van der Waals surface area (Å²) >= 11 is 0. The number of nitrogens with zero attached hydrogens (tertiary/aromatic N) is 1. The monoisotopic (exact) mass is 338 g/mol. The molecule has 3 rings (SSSR count). The van der Waals surface area contributed by atoms with E-state index in [1.807, 2.05) is 12.1 Å². The lowest BCUT2D eigenvalue weighted by atomic mass is 10.1. The molecule has 6 heteroatoms. The van der Waals surface area contributed by atoms with Crippen LogP contribution in [0.25, 0.3) is 17.4 Å². The Balaban J connectivity index is 1.63. The van der Waals surface area contributed by atoms with Crippen molar-refractivity contribution in [2.45, 2.75) is 0 Å². The lowest BCUT2D eigenvalue weighted by molar-refractivity contribution is -0.111. The van der Waals surface area contributed by atoms with Gasteiger partial charge in [-0.3, -0.25) is 4.79 Å². The van der Waals surface area contributed by atoms with Crippen molar-refractivity contribution in [1.82, 2.24) is 4.98 Å². The van der Waals surface area contributed by atoms with E-state index in [1.165, 1.54) is 37.8 Å². The molecule has 0 unspecified atom stereocenters. The number of ether oxygens (including phenoxy) is 1. The number of amides is 1. The molecule has 0 spiro atoms. The van der Waals surface area contributed by atoms with E-state index in [-0.39, 0.29) is 11.7 Å². The fraction of sp³-hybridized carbons (Fsp3) is 0.0526. The summed E-state index contributed by atoms with van der Waals surface area (Å²) in [5, 5.41) is 2.73. The number of benzene rings is 2. The van der Waals surface area contributed by atoms with Crippen LogP contribution in [0.4, 0.5) is 10.1 Å². The summed E-state index contributed by atoms with van der Waals surface area (Å²) in [7, 11) is 1.40. The second-order valence-corrected chi connectivity index (χ2v) is 5.16. The number of aromatic nitrogens is 1. The third-order valence-electron chi connectivity index (χ3n) is 3.47. The van der Waals surface area contributed by atoms with Crippen LogP contribution < -0.4 is 10.1 Å².